The number of anilines is 3. The molecule has 5 aromatic carbocycles. The summed E-state index contributed by atoms with van der Waals surface area (Å²) in [6.45, 7) is 6.74. The van der Waals surface area contributed by atoms with Gasteiger partial charge in [-0.15, -0.1) is 11.3 Å². The molecule has 0 fully saturated rings. The van der Waals surface area contributed by atoms with Crippen LogP contribution in [0.25, 0.3) is 48.6 Å². The minimum absolute atomic E-state index is 0.147. The Balaban J connectivity index is 1.34. The van der Waals surface area contributed by atoms with Crippen molar-refractivity contribution in [3.8, 4) is 27.4 Å². The lowest BCUT2D eigenvalue weighted by Crippen LogP contribution is -2.23. The maximum Gasteiger partial charge on any atom is 0.124 e. The van der Waals surface area contributed by atoms with Gasteiger partial charge < -0.3 is 4.90 Å². The van der Waals surface area contributed by atoms with E-state index in [0.717, 1.165) is 66.8 Å². The van der Waals surface area contributed by atoms with Crippen LogP contribution in [0.5, 0.6) is 0 Å². The molecule has 0 N–H and O–H groups in total. The van der Waals surface area contributed by atoms with Gasteiger partial charge in [0.25, 0.3) is 0 Å². The summed E-state index contributed by atoms with van der Waals surface area (Å²) in [5.41, 5.74) is 11.1. The highest BCUT2D eigenvalue weighted by Crippen LogP contribution is 2.50. The van der Waals surface area contributed by atoms with Crippen LogP contribution >= 0.6 is 11.3 Å². The van der Waals surface area contributed by atoms with Crippen LogP contribution in [0, 0.1) is 0 Å². The lowest BCUT2D eigenvalue weighted by Gasteiger charge is -2.34. The molecule has 0 spiro atoms. The Kier molecular flexibility index (Phi) is 5.22. The number of rotatable bonds is 3. The van der Waals surface area contributed by atoms with Gasteiger partial charge in [0.2, 0.25) is 0 Å². The number of hydrogen-bond acceptors (Lipinski definition) is 4. The van der Waals surface area contributed by atoms with E-state index in [-0.39, 0.29) is 5.41 Å². The molecule has 7 aromatic rings. The molecule has 8 rings (SSSR count). The lowest BCUT2D eigenvalue weighted by atomic mass is 9.95. The lowest BCUT2D eigenvalue weighted by molar-refractivity contribution is 0.539. The molecule has 41 heavy (non-hydrogen) atoms. The third-order valence-electron chi connectivity index (χ3n) is 7.81. The summed E-state index contributed by atoms with van der Waals surface area (Å²) in [7, 11) is 0. The fraction of sp³-hybridized carbons (Fsp3) is 0.111. The second-order valence-corrected chi connectivity index (χ2v) is 12.6. The van der Waals surface area contributed by atoms with Gasteiger partial charge in [-0.25, -0.2) is 9.97 Å². The van der Waals surface area contributed by atoms with Crippen LogP contribution in [0.3, 0.4) is 0 Å². The van der Waals surface area contributed by atoms with Crippen molar-refractivity contribution in [3.05, 3.63) is 121 Å². The van der Waals surface area contributed by atoms with Crippen LogP contribution in [0.1, 0.15) is 26.6 Å². The van der Waals surface area contributed by atoms with Crippen molar-refractivity contribution in [2.75, 3.05) is 4.90 Å². The summed E-state index contributed by atoms with van der Waals surface area (Å²) in [5, 5.41) is 1.04. The van der Waals surface area contributed by atoms with E-state index in [1.807, 2.05) is 6.07 Å². The normalized spacial score (nSPS) is 12.7. The van der Waals surface area contributed by atoms with Gasteiger partial charge in [0, 0.05) is 22.2 Å². The van der Waals surface area contributed by atoms with Crippen molar-refractivity contribution in [3.63, 3.8) is 0 Å². The highest BCUT2D eigenvalue weighted by molar-refractivity contribution is 7.21. The highest BCUT2D eigenvalue weighted by Gasteiger charge is 2.33. The monoisotopic (exact) mass is 548 g/mol. The number of para-hydroxylation sites is 4. The maximum atomic E-state index is 5.39. The van der Waals surface area contributed by atoms with Crippen molar-refractivity contribution in [2.24, 2.45) is 0 Å². The van der Waals surface area contributed by atoms with Gasteiger partial charge >= 0.3 is 0 Å². The Labute approximate surface area is 243 Å². The molecule has 0 saturated carbocycles. The molecule has 0 atom stereocenters. The Morgan fingerprint density at radius 1 is 0.610 bits per heavy atom. The number of nitrogens with zero attached hydrogens (tertiary/aromatic N) is 4. The van der Waals surface area contributed by atoms with Crippen LogP contribution in [0.2, 0.25) is 0 Å². The minimum Gasteiger partial charge on any atom is -0.306 e. The van der Waals surface area contributed by atoms with Crippen molar-refractivity contribution in [1.29, 1.82) is 0 Å². The summed E-state index contributed by atoms with van der Waals surface area (Å²) >= 11 is 1.73. The van der Waals surface area contributed by atoms with E-state index in [2.05, 4.69) is 139 Å². The van der Waals surface area contributed by atoms with Crippen LogP contribution in [0.4, 0.5) is 17.1 Å². The predicted octanol–water partition coefficient (Wildman–Crippen LogP) is 10.0. The van der Waals surface area contributed by atoms with Crippen LogP contribution in [0.15, 0.2) is 115 Å². The first kappa shape index (κ1) is 24.1. The summed E-state index contributed by atoms with van der Waals surface area (Å²) in [6.07, 6.45) is 0. The average molecular weight is 549 g/mol. The number of thiazole rings is 1. The molecule has 0 radical (unpaired) electrons. The Morgan fingerprint density at radius 3 is 2.05 bits per heavy atom. The van der Waals surface area contributed by atoms with Crippen molar-refractivity contribution < 1.29 is 0 Å². The first-order valence-corrected chi connectivity index (χ1v) is 14.8. The number of imidazole rings is 1. The Hall–Kier alpha value is -4.74. The largest absolute Gasteiger partial charge is 0.306 e. The second kappa shape index (κ2) is 8.88. The molecule has 198 valence electrons. The summed E-state index contributed by atoms with van der Waals surface area (Å²) in [4.78, 5) is 12.6. The molecule has 0 bridgehead atoms. The van der Waals surface area contributed by atoms with E-state index < -0.39 is 0 Å². The summed E-state index contributed by atoms with van der Waals surface area (Å²) in [6, 6.07) is 40.9. The molecule has 3 heterocycles. The Bertz CT molecular complexity index is 2050. The molecule has 0 amide bonds. The van der Waals surface area contributed by atoms with E-state index >= 15 is 0 Å². The summed E-state index contributed by atoms with van der Waals surface area (Å²) in [5.74, 6) is 1.06. The van der Waals surface area contributed by atoms with Crippen LogP contribution in [-0.2, 0) is 5.41 Å². The fourth-order valence-electron chi connectivity index (χ4n) is 5.93. The van der Waals surface area contributed by atoms with Gasteiger partial charge in [-0.05, 0) is 54.1 Å². The maximum absolute atomic E-state index is 5.39. The molecule has 1 aliphatic heterocycles. The molecule has 2 aromatic heterocycles. The van der Waals surface area contributed by atoms with E-state index in [9.17, 15) is 0 Å². The van der Waals surface area contributed by atoms with E-state index in [0.29, 0.717) is 0 Å². The second-order valence-electron chi connectivity index (χ2n) is 11.6. The first-order valence-electron chi connectivity index (χ1n) is 13.9. The standard InChI is InChI=1S/C36H28N4S/c1-36(2,3)35-38-32-26(23-17-19-24(20-18-23)34-37-27-13-7-10-16-31(27)41-34)21-22-30-33(32)40(35)29-15-9-8-14-28(29)39(30)25-11-5-4-6-12-25/h4-22H,1-3H3. The fourth-order valence-corrected chi connectivity index (χ4v) is 6.90. The SMILES string of the molecule is CC(C)(C)c1nc2c(-c3ccc(-c4nc5ccccc5s4)cc3)ccc3c2n1-c1ccccc1N3c1ccccc1. The topological polar surface area (TPSA) is 34.0 Å². The van der Waals surface area contributed by atoms with Crippen molar-refractivity contribution in [2.45, 2.75) is 26.2 Å². The van der Waals surface area contributed by atoms with E-state index in [1.165, 1.54) is 4.70 Å². The molecule has 0 saturated heterocycles. The molecular formula is C36H28N4S. The summed E-state index contributed by atoms with van der Waals surface area (Å²) < 4.78 is 3.60. The van der Waals surface area contributed by atoms with Crippen LogP contribution < -0.4 is 4.90 Å². The van der Waals surface area contributed by atoms with E-state index in [1.54, 1.807) is 11.3 Å². The zero-order valence-electron chi connectivity index (χ0n) is 23.2. The van der Waals surface area contributed by atoms with Gasteiger partial charge in [-0.1, -0.05) is 87.5 Å². The van der Waals surface area contributed by atoms with Crippen molar-refractivity contribution in [1.82, 2.24) is 14.5 Å². The number of benzene rings is 5. The predicted molar refractivity (Wildman–Crippen MR) is 172 cm³/mol. The highest BCUT2D eigenvalue weighted by atomic mass is 32.1. The average Bonchev–Trinajstić information content (AvgIpc) is 3.62. The van der Waals surface area contributed by atoms with Gasteiger partial charge in [0.05, 0.1) is 38.3 Å². The minimum atomic E-state index is -0.147. The molecular weight excluding hydrogens is 520 g/mol. The zero-order valence-corrected chi connectivity index (χ0v) is 24.0. The molecule has 4 nitrogen and oxygen atoms in total. The molecule has 0 unspecified atom stereocenters. The molecule has 0 aliphatic carbocycles. The third kappa shape index (κ3) is 3.73. The first-order chi connectivity index (χ1) is 20.0. The van der Waals surface area contributed by atoms with Gasteiger partial charge in [-0.3, -0.25) is 4.57 Å². The van der Waals surface area contributed by atoms with Gasteiger partial charge in [0.15, 0.2) is 0 Å². The van der Waals surface area contributed by atoms with Gasteiger partial charge in [-0.2, -0.15) is 0 Å². The number of aromatic nitrogens is 3. The Morgan fingerprint density at radius 2 is 1.29 bits per heavy atom. The number of fused-ring (bicyclic) bond motifs is 3. The zero-order chi connectivity index (χ0) is 27.7. The molecule has 5 heteroatoms. The smallest absolute Gasteiger partial charge is 0.124 e. The number of hydrogen-bond donors (Lipinski definition) is 0. The van der Waals surface area contributed by atoms with Crippen molar-refractivity contribution >= 4 is 49.6 Å². The quantitative estimate of drug-likeness (QED) is 0.220. The van der Waals surface area contributed by atoms with Gasteiger partial charge in [0.1, 0.15) is 10.8 Å². The molecule has 1 aliphatic rings. The third-order valence-corrected chi connectivity index (χ3v) is 8.89. The van der Waals surface area contributed by atoms with E-state index in [4.69, 9.17) is 9.97 Å². The van der Waals surface area contributed by atoms with Crippen LogP contribution in [-0.4, -0.2) is 14.5 Å².